The molecule has 31 heavy (non-hydrogen) atoms. The summed E-state index contributed by atoms with van der Waals surface area (Å²) in [5.41, 5.74) is 1.28. The number of hydrogen-bond acceptors (Lipinski definition) is 5. The van der Waals surface area contributed by atoms with E-state index in [-0.39, 0.29) is 23.3 Å². The SMILES string of the molecule is CCOC(=O)C1=C(C)N=c2sc(=Cc3cccc(Br)c3)c(=O)n2C1c1ccccc1F. The van der Waals surface area contributed by atoms with Gasteiger partial charge < -0.3 is 4.74 Å². The molecular weight excluding hydrogens is 483 g/mol. The molecule has 2 aromatic carbocycles. The molecule has 158 valence electrons. The van der Waals surface area contributed by atoms with Crippen LogP contribution in [-0.4, -0.2) is 17.1 Å². The van der Waals surface area contributed by atoms with E-state index in [0.29, 0.717) is 15.0 Å². The minimum absolute atomic E-state index is 0.160. The van der Waals surface area contributed by atoms with Gasteiger partial charge in [0.15, 0.2) is 4.80 Å². The molecule has 0 N–H and O–H groups in total. The lowest BCUT2D eigenvalue weighted by atomic mass is 9.95. The van der Waals surface area contributed by atoms with E-state index in [0.717, 1.165) is 10.0 Å². The molecule has 1 aliphatic rings. The Balaban J connectivity index is 1.99. The number of hydrogen-bond donors (Lipinski definition) is 0. The smallest absolute Gasteiger partial charge is 0.338 e. The Kier molecular flexibility index (Phi) is 6.02. The Hall–Kier alpha value is -2.84. The van der Waals surface area contributed by atoms with Crippen molar-refractivity contribution >= 4 is 39.3 Å². The molecule has 3 aromatic rings. The predicted octanol–water partition coefficient (Wildman–Crippen LogP) is 3.70. The Morgan fingerprint density at radius 3 is 2.77 bits per heavy atom. The summed E-state index contributed by atoms with van der Waals surface area (Å²) in [5, 5.41) is 0. The van der Waals surface area contributed by atoms with Gasteiger partial charge in [0, 0.05) is 10.0 Å². The number of halogens is 2. The molecule has 4 rings (SSSR count). The van der Waals surface area contributed by atoms with Crippen LogP contribution < -0.4 is 14.9 Å². The number of benzene rings is 2. The van der Waals surface area contributed by atoms with Gasteiger partial charge in [-0.15, -0.1) is 0 Å². The summed E-state index contributed by atoms with van der Waals surface area (Å²) in [5.74, 6) is -1.12. The largest absolute Gasteiger partial charge is 0.463 e. The second-order valence-electron chi connectivity index (χ2n) is 6.88. The predicted molar refractivity (Wildman–Crippen MR) is 121 cm³/mol. The zero-order valence-electron chi connectivity index (χ0n) is 16.8. The van der Waals surface area contributed by atoms with Gasteiger partial charge in [0.05, 0.1) is 22.4 Å². The van der Waals surface area contributed by atoms with Crippen molar-refractivity contribution in [3.63, 3.8) is 0 Å². The summed E-state index contributed by atoms with van der Waals surface area (Å²) in [6.07, 6.45) is 1.76. The zero-order chi connectivity index (χ0) is 22.1. The minimum Gasteiger partial charge on any atom is -0.463 e. The molecule has 0 saturated carbocycles. The highest BCUT2D eigenvalue weighted by Gasteiger charge is 2.34. The van der Waals surface area contributed by atoms with Gasteiger partial charge in [0.2, 0.25) is 0 Å². The normalized spacial score (nSPS) is 16.1. The minimum atomic E-state index is -0.957. The van der Waals surface area contributed by atoms with Crippen molar-refractivity contribution in [2.45, 2.75) is 19.9 Å². The number of aromatic nitrogens is 1. The van der Waals surface area contributed by atoms with Crippen LogP contribution in [0.3, 0.4) is 0 Å². The molecule has 5 nitrogen and oxygen atoms in total. The molecule has 0 radical (unpaired) electrons. The third-order valence-corrected chi connectivity index (χ3v) is 6.34. The molecule has 0 bridgehead atoms. The Morgan fingerprint density at radius 2 is 2.06 bits per heavy atom. The standard InChI is InChI=1S/C23H18BrFN2O3S/c1-3-30-22(29)19-13(2)26-23-27(20(19)16-9-4-5-10-17(16)25)21(28)18(31-23)12-14-7-6-8-15(24)11-14/h4-12,20H,3H2,1-2H3. The highest BCUT2D eigenvalue weighted by atomic mass is 79.9. The Labute approximate surface area is 190 Å². The summed E-state index contributed by atoms with van der Waals surface area (Å²) in [6, 6.07) is 12.7. The maximum atomic E-state index is 14.8. The fourth-order valence-corrected chi connectivity index (χ4v) is 4.99. The molecule has 1 aliphatic heterocycles. The van der Waals surface area contributed by atoms with Crippen LogP contribution in [0, 0.1) is 5.82 Å². The van der Waals surface area contributed by atoms with E-state index in [1.807, 2.05) is 24.3 Å². The Morgan fingerprint density at radius 1 is 1.29 bits per heavy atom. The summed E-state index contributed by atoms with van der Waals surface area (Å²) in [6.45, 7) is 3.53. The summed E-state index contributed by atoms with van der Waals surface area (Å²) in [7, 11) is 0. The summed E-state index contributed by atoms with van der Waals surface area (Å²) >= 11 is 4.63. The number of ether oxygens (including phenoxy) is 1. The molecule has 0 spiro atoms. The molecule has 1 atom stereocenters. The van der Waals surface area contributed by atoms with E-state index < -0.39 is 17.8 Å². The second-order valence-corrected chi connectivity index (χ2v) is 8.80. The van der Waals surface area contributed by atoms with E-state index in [1.165, 1.54) is 22.0 Å². The lowest BCUT2D eigenvalue weighted by molar-refractivity contribution is -0.139. The van der Waals surface area contributed by atoms with Crippen LogP contribution in [0.5, 0.6) is 0 Å². The van der Waals surface area contributed by atoms with Gasteiger partial charge in [-0.2, -0.15) is 0 Å². The number of fused-ring (bicyclic) bond motifs is 1. The molecule has 0 aliphatic carbocycles. The van der Waals surface area contributed by atoms with E-state index in [9.17, 15) is 14.0 Å². The highest BCUT2D eigenvalue weighted by molar-refractivity contribution is 9.10. The monoisotopic (exact) mass is 500 g/mol. The van der Waals surface area contributed by atoms with E-state index in [1.54, 1.807) is 38.1 Å². The van der Waals surface area contributed by atoms with Crippen LogP contribution in [0.15, 0.2) is 74.1 Å². The molecular formula is C23H18BrFN2O3S. The van der Waals surface area contributed by atoms with Crippen LogP contribution in [0.2, 0.25) is 0 Å². The quantitative estimate of drug-likeness (QED) is 0.513. The fourth-order valence-electron chi connectivity index (χ4n) is 3.53. The molecule has 0 amide bonds. The van der Waals surface area contributed by atoms with E-state index in [4.69, 9.17) is 4.74 Å². The van der Waals surface area contributed by atoms with Crippen molar-refractivity contribution in [1.82, 2.24) is 4.57 Å². The van der Waals surface area contributed by atoms with Crippen LogP contribution in [0.1, 0.15) is 31.0 Å². The van der Waals surface area contributed by atoms with Crippen molar-refractivity contribution in [2.24, 2.45) is 4.99 Å². The average Bonchev–Trinajstić information content (AvgIpc) is 3.02. The molecule has 1 aromatic heterocycles. The Bertz CT molecular complexity index is 1390. The molecule has 2 heterocycles. The number of thiazole rings is 1. The van der Waals surface area contributed by atoms with Crippen LogP contribution in [-0.2, 0) is 9.53 Å². The maximum absolute atomic E-state index is 14.8. The number of rotatable bonds is 4. The van der Waals surface area contributed by atoms with Gasteiger partial charge >= 0.3 is 5.97 Å². The number of nitrogens with zero attached hydrogens (tertiary/aromatic N) is 2. The van der Waals surface area contributed by atoms with Crippen molar-refractivity contribution in [2.75, 3.05) is 6.61 Å². The third-order valence-electron chi connectivity index (χ3n) is 4.86. The molecule has 0 saturated heterocycles. The van der Waals surface area contributed by atoms with Crippen LogP contribution in [0.25, 0.3) is 6.08 Å². The van der Waals surface area contributed by atoms with Gasteiger partial charge in [0.1, 0.15) is 11.9 Å². The van der Waals surface area contributed by atoms with Crippen molar-refractivity contribution in [3.8, 4) is 0 Å². The van der Waals surface area contributed by atoms with E-state index >= 15 is 0 Å². The topological polar surface area (TPSA) is 60.7 Å². The molecule has 0 fully saturated rings. The number of carbonyl (C=O) groups excluding carboxylic acids is 1. The first-order chi connectivity index (χ1) is 14.9. The second kappa shape index (κ2) is 8.72. The first-order valence-electron chi connectivity index (χ1n) is 9.60. The maximum Gasteiger partial charge on any atom is 0.338 e. The fraction of sp³-hybridized carbons (Fsp3) is 0.174. The van der Waals surface area contributed by atoms with Crippen LogP contribution >= 0.6 is 27.3 Å². The lowest BCUT2D eigenvalue weighted by Crippen LogP contribution is -2.40. The third kappa shape index (κ3) is 4.05. The van der Waals surface area contributed by atoms with Gasteiger partial charge in [-0.05, 0) is 43.7 Å². The van der Waals surface area contributed by atoms with Crippen molar-refractivity contribution < 1.29 is 13.9 Å². The van der Waals surface area contributed by atoms with Crippen molar-refractivity contribution in [1.29, 1.82) is 0 Å². The summed E-state index contributed by atoms with van der Waals surface area (Å²) in [4.78, 5) is 31.1. The summed E-state index contributed by atoms with van der Waals surface area (Å²) < 4.78 is 22.7. The number of esters is 1. The van der Waals surface area contributed by atoms with Gasteiger partial charge in [-0.1, -0.05) is 57.6 Å². The van der Waals surface area contributed by atoms with Crippen molar-refractivity contribution in [3.05, 3.63) is 101 Å². The van der Waals surface area contributed by atoms with Gasteiger partial charge in [-0.3, -0.25) is 9.36 Å². The van der Waals surface area contributed by atoms with Gasteiger partial charge in [-0.25, -0.2) is 14.2 Å². The van der Waals surface area contributed by atoms with Gasteiger partial charge in [0.25, 0.3) is 5.56 Å². The van der Waals surface area contributed by atoms with E-state index in [2.05, 4.69) is 20.9 Å². The first kappa shape index (κ1) is 21.4. The lowest BCUT2D eigenvalue weighted by Gasteiger charge is -2.24. The first-order valence-corrected chi connectivity index (χ1v) is 11.2. The highest BCUT2D eigenvalue weighted by Crippen LogP contribution is 2.32. The zero-order valence-corrected chi connectivity index (χ0v) is 19.2. The number of carbonyl (C=O) groups is 1. The number of allylic oxidation sites excluding steroid dienone is 1. The average molecular weight is 501 g/mol. The van der Waals surface area contributed by atoms with Crippen LogP contribution in [0.4, 0.5) is 4.39 Å². The molecule has 1 unspecified atom stereocenters. The molecule has 8 heteroatoms.